The number of hydrogen-bond acceptors (Lipinski definition) is 9. The Balaban J connectivity index is 1.73. The van der Waals surface area contributed by atoms with Gasteiger partial charge in [-0.25, -0.2) is 33.4 Å². The molecule has 0 bridgehead atoms. The van der Waals surface area contributed by atoms with Gasteiger partial charge < -0.3 is 20.7 Å². The van der Waals surface area contributed by atoms with E-state index in [9.17, 15) is 13.6 Å². The third kappa shape index (κ3) is 5.82. The summed E-state index contributed by atoms with van der Waals surface area (Å²) in [4.78, 5) is 30.0. The summed E-state index contributed by atoms with van der Waals surface area (Å²) in [6.07, 6.45) is -1.12. The third-order valence-corrected chi connectivity index (χ3v) is 5.49. The summed E-state index contributed by atoms with van der Waals surface area (Å²) in [6, 6.07) is 8.68. The second kappa shape index (κ2) is 11.2. The number of halogens is 2. The number of amides is 1. The molecular weight excluding hydrogens is 496 g/mol. The highest BCUT2D eigenvalue weighted by Gasteiger charge is 2.20. The van der Waals surface area contributed by atoms with Gasteiger partial charge >= 0.3 is 0 Å². The maximum Gasteiger partial charge on any atom is 0.257 e. The Kier molecular flexibility index (Phi) is 7.74. The Morgan fingerprint density at radius 2 is 1.84 bits per heavy atom. The van der Waals surface area contributed by atoms with Crippen LogP contribution in [0.1, 0.15) is 27.7 Å². The van der Waals surface area contributed by atoms with E-state index in [-0.39, 0.29) is 17.3 Å². The standard InChI is InChI=1S/C25H27F2N9O2/c1-13-9-22(31-14(2)30-13)34-21-10-19(17(11-29-21)25(37)28-4)33-18-8-6-7-16(23(18)38-5)24-32-15(3)36(35-24)12-20(26)27/h6-11,20H,12H2,1-5H3,(H,28,37)(H2,29,30,31,33,34). The maximum absolute atomic E-state index is 12.9. The van der Waals surface area contributed by atoms with Gasteiger partial charge in [0.05, 0.1) is 29.6 Å². The van der Waals surface area contributed by atoms with Crippen molar-refractivity contribution in [1.82, 2.24) is 35.0 Å². The Morgan fingerprint density at radius 3 is 2.53 bits per heavy atom. The second-order valence-electron chi connectivity index (χ2n) is 8.33. The summed E-state index contributed by atoms with van der Waals surface area (Å²) in [7, 11) is 3.00. The van der Waals surface area contributed by atoms with Crippen molar-refractivity contribution in [3.8, 4) is 17.1 Å². The molecule has 1 amide bonds. The number of ether oxygens (including phenoxy) is 1. The van der Waals surface area contributed by atoms with E-state index in [1.165, 1.54) is 20.4 Å². The lowest BCUT2D eigenvalue weighted by molar-refractivity contribution is 0.0963. The number of hydrogen-bond donors (Lipinski definition) is 3. The molecule has 3 N–H and O–H groups in total. The van der Waals surface area contributed by atoms with Gasteiger partial charge in [0, 0.05) is 31.1 Å². The van der Waals surface area contributed by atoms with E-state index in [0.717, 1.165) is 10.4 Å². The zero-order chi connectivity index (χ0) is 27.4. The molecular formula is C25H27F2N9O2. The summed E-state index contributed by atoms with van der Waals surface area (Å²) in [6.45, 7) is 4.70. The monoisotopic (exact) mass is 523 g/mol. The number of benzene rings is 1. The first-order valence-electron chi connectivity index (χ1n) is 11.6. The van der Waals surface area contributed by atoms with Crippen LogP contribution in [0.4, 0.5) is 31.8 Å². The number of methoxy groups -OCH3 is 1. The van der Waals surface area contributed by atoms with E-state index in [2.05, 4.69) is 41.0 Å². The average molecular weight is 524 g/mol. The van der Waals surface area contributed by atoms with Crippen LogP contribution in [0.15, 0.2) is 36.5 Å². The molecule has 0 unspecified atom stereocenters. The molecule has 3 heterocycles. The molecule has 0 atom stereocenters. The van der Waals surface area contributed by atoms with Gasteiger partial charge in [-0.15, -0.1) is 0 Å². The van der Waals surface area contributed by atoms with Crippen molar-refractivity contribution in [3.05, 3.63) is 59.4 Å². The zero-order valence-corrected chi connectivity index (χ0v) is 21.5. The summed E-state index contributed by atoms with van der Waals surface area (Å²) in [5, 5.41) is 13.2. The predicted octanol–water partition coefficient (Wildman–Crippen LogP) is 4.18. The number of pyridine rings is 1. The fourth-order valence-electron chi connectivity index (χ4n) is 3.87. The molecule has 0 aliphatic heterocycles. The minimum atomic E-state index is -2.56. The van der Waals surface area contributed by atoms with Crippen LogP contribution < -0.4 is 20.7 Å². The second-order valence-corrected chi connectivity index (χ2v) is 8.33. The molecule has 0 spiro atoms. The number of alkyl halides is 2. The number of para-hydroxylation sites is 1. The highest BCUT2D eigenvalue weighted by molar-refractivity contribution is 6.00. The van der Waals surface area contributed by atoms with Crippen molar-refractivity contribution in [3.63, 3.8) is 0 Å². The lowest BCUT2D eigenvalue weighted by Crippen LogP contribution is -2.19. The number of aromatic nitrogens is 6. The number of carbonyl (C=O) groups is 1. The molecule has 0 fully saturated rings. The fourth-order valence-corrected chi connectivity index (χ4v) is 3.87. The average Bonchev–Trinajstić information content (AvgIpc) is 3.22. The van der Waals surface area contributed by atoms with E-state index >= 15 is 0 Å². The SMILES string of the molecule is CNC(=O)c1cnc(Nc2cc(C)nc(C)n2)cc1Nc1cccc(-c2nc(C)n(CC(F)F)n2)c1OC. The van der Waals surface area contributed by atoms with Gasteiger partial charge in [-0.3, -0.25) is 4.79 Å². The molecule has 198 valence electrons. The molecule has 0 radical (unpaired) electrons. The molecule has 0 aliphatic carbocycles. The molecule has 13 heteroatoms. The van der Waals surface area contributed by atoms with Crippen LogP contribution in [0.3, 0.4) is 0 Å². The van der Waals surface area contributed by atoms with Crippen molar-refractivity contribution in [1.29, 1.82) is 0 Å². The van der Waals surface area contributed by atoms with Gasteiger partial charge in [0.1, 0.15) is 29.8 Å². The first-order chi connectivity index (χ1) is 18.2. The van der Waals surface area contributed by atoms with E-state index < -0.39 is 13.0 Å². The third-order valence-electron chi connectivity index (χ3n) is 5.49. The molecule has 0 saturated carbocycles. The van der Waals surface area contributed by atoms with Crippen molar-refractivity contribution < 1.29 is 18.3 Å². The minimum absolute atomic E-state index is 0.238. The van der Waals surface area contributed by atoms with Crippen molar-refractivity contribution in [2.24, 2.45) is 0 Å². The molecule has 11 nitrogen and oxygen atoms in total. The summed E-state index contributed by atoms with van der Waals surface area (Å²) < 4.78 is 32.7. The number of aryl methyl sites for hydroxylation is 3. The Morgan fingerprint density at radius 1 is 1.05 bits per heavy atom. The fraction of sp³-hybridized carbons (Fsp3) is 0.280. The van der Waals surface area contributed by atoms with Crippen LogP contribution in [0.25, 0.3) is 11.4 Å². The van der Waals surface area contributed by atoms with E-state index in [0.29, 0.717) is 46.0 Å². The maximum atomic E-state index is 12.9. The van der Waals surface area contributed by atoms with Crippen molar-refractivity contribution >= 4 is 28.9 Å². The summed E-state index contributed by atoms with van der Waals surface area (Å²) in [5.41, 5.74) is 2.52. The predicted molar refractivity (Wildman–Crippen MR) is 138 cm³/mol. The van der Waals surface area contributed by atoms with Gasteiger partial charge in [-0.1, -0.05) is 6.07 Å². The van der Waals surface area contributed by atoms with E-state index in [1.54, 1.807) is 44.2 Å². The lowest BCUT2D eigenvalue weighted by Gasteiger charge is -2.17. The van der Waals surface area contributed by atoms with Crippen LogP contribution in [0.2, 0.25) is 0 Å². The normalized spacial score (nSPS) is 10.9. The highest BCUT2D eigenvalue weighted by atomic mass is 19.3. The lowest BCUT2D eigenvalue weighted by atomic mass is 10.1. The Labute approximate surface area is 217 Å². The molecule has 0 saturated heterocycles. The van der Waals surface area contributed by atoms with E-state index in [4.69, 9.17) is 4.74 Å². The number of nitrogens with zero attached hydrogens (tertiary/aromatic N) is 6. The molecule has 1 aromatic carbocycles. The largest absolute Gasteiger partial charge is 0.494 e. The molecule has 38 heavy (non-hydrogen) atoms. The number of rotatable bonds is 9. The summed E-state index contributed by atoms with van der Waals surface area (Å²) >= 11 is 0. The number of nitrogens with one attached hydrogen (secondary N) is 3. The quantitative estimate of drug-likeness (QED) is 0.296. The van der Waals surface area contributed by atoms with Crippen molar-refractivity contribution in [2.75, 3.05) is 24.8 Å². The minimum Gasteiger partial charge on any atom is -0.494 e. The Hall–Kier alpha value is -4.68. The number of anilines is 4. The molecule has 4 aromatic rings. The van der Waals surface area contributed by atoms with Gasteiger partial charge in [-0.05, 0) is 32.9 Å². The van der Waals surface area contributed by atoms with Crippen molar-refractivity contribution in [2.45, 2.75) is 33.7 Å². The highest BCUT2D eigenvalue weighted by Crippen LogP contribution is 2.37. The van der Waals surface area contributed by atoms with Gasteiger partial charge in [0.2, 0.25) is 0 Å². The molecule has 0 aliphatic rings. The van der Waals surface area contributed by atoms with Gasteiger partial charge in [0.15, 0.2) is 11.6 Å². The number of carbonyl (C=O) groups excluding carboxylic acids is 1. The van der Waals surface area contributed by atoms with Crippen LogP contribution in [-0.4, -0.2) is 56.2 Å². The van der Waals surface area contributed by atoms with Crippen LogP contribution in [0.5, 0.6) is 5.75 Å². The molecule has 4 rings (SSSR count). The smallest absolute Gasteiger partial charge is 0.257 e. The van der Waals surface area contributed by atoms with Crippen LogP contribution >= 0.6 is 0 Å². The first kappa shape index (κ1) is 26.4. The van der Waals surface area contributed by atoms with Crippen LogP contribution in [-0.2, 0) is 6.54 Å². The van der Waals surface area contributed by atoms with Crippen LogP contribution in [0, 0.1) is 20.8 Å². The zero-order valence-electron chi connectivity index (χ0n) is 21.5. The van der Waals surface area contributed by atoms with Gasteiger partial charge in [-0.2, -0.15) is 5.10 Å². The topological polar surface area (TPSA) is 132 Å². The van der Waals surface area contributed by atoms with E-state index in [1.807, 2.05) is 6.92 Å². The first-order valence-corrected chi connectivity index (χ1v) is 11.6. The Bertz CT molecular complexity index is 1450. The van der Waals surface area contributed by atoms with Gasteiger partial charge in [0.25, 0.3) is 12.3 Å². The molecule has 3 aromatic heterocycles. The summed E-state index contributed by atoms with van der Waals surface area (Å²) in [5.74, 6) is 2.22.